The molecule has 1 amide bonds. The number of nitrogens with one attached hydrogen (secondary N) is 1. The highest BCUT2D eigenvalue weighted by Gasteiger charge is 2.17. The van der Waals surface area contributed by atoms with Crippen molar-refractivity contribution in [3.05, 3.63) is 34.1 Å². The lowest BCUT2D eigenvalue weighted by atomic mass is 10.1. The molecule has 4 N–H and O–H groups in total. The molecule has 0 saturated carbocycles. The van der Waals surface area contributed by atoms with Crippen LogP contribution in [-0.2, 0) is 9.59 Å². The maximum Gasteiger partial charge on any atom is 0.303 e. The Labute approximate surface area is 112 Å². The fourth-order valence-corrected chi connectivity index (χ4v) is 1.40. The van der Waals surface area contributed by atoms with Gasteiger partial charge >= 0.3 is 5.97 Å². The van der Waals surface area contributed by atoms with E-state index in [9.17, 15) is 24.1 Å². The van der Waals surface area contributed by atoms with Crippen LogP contribution in [0.15, 0.2) is 18.2 Å². The molecule has 1 aromatic rings. The summed E-state index contributed by atoms with van der Waals surface area (Å²) in [6.07, 6.45) is -0.392. The van der Waals surface area contributed by atoms with Crippen LogP contribution in [0.2, 0.25) is 0 Å². The van der Waals surface area contributed by atoms with Crippen molar-refractivity contribution in [1.29, 1.82) is 0 Å². The first kappa shape index (κ1) is 15.5. The summed E-state index contributed by atoms with van der Waals surface area (Å²) in [6, 6.07) is 1.48. The molecule has 0 aromatic heterocycles. The minimum atomic E-state index is -1.10. The number of aliphatic carboxylic acids is 1. The van der Waals surface area contributed by atoms with Gasteiger partial charge in [0.1, 0.15) is 5.82 Å². The van der Waals surface area contributed by atoms with Crippen molar-refractivity contribution < 1.29 is 24.0 Å². The number of benzene rings is 1. The van der Waals surface area contributed by atoms with Gasteiger partial charge in [-0.3, -0.25) is 19.7 Å². The van der Waals surface area contributed by atoms with E-state index in [1.807, 2.05) is 0 Å². The molecule has 0 aliphatic rings. The molecule has 0 heterocycles. The zero-order valence-corrected chi connectivity index (χ0v) is 10.2. The van der Waals surface area contributed by atoms with Gasteiger partial charge in [0.15, 0.2) is 0 Å². The molecule has 0 bridgehead atoms. The summed E-state index contributed by atoms with van der Waals surface area (Å²) < 4.78 is 13.1. The molecular formula is C11H12FN3O5. The second-order valence-corrected chi connectivity index (χ2v) is 3.98. The molecule has 0 aliphatic heterocycles. The third-order valence-electron chi connectivity index (χ3n) is 2.37. The van der Waals surface area contributed by atoms with Crippen LogP contribution in [0.4, 0.5) is 15.8 Å². The van der Waals surface area contributed by atoms with Crippen LogP contribution in [0.25, 0.3) is 0 Å². The molecule has 0 spiro atoms. The number of carboxylic acid groups (broad SMARTS) is 1. The van der Waals surface area contributed by atoms with E-state index in [0.717, 1.165) is 12.1 Å². The molecule has 1 rings (SSSR count). The summed E-state index contributed by atoms with van der Waals surface area (Å²) in [5.74, 6) is -2.73. The number of hydrogen-bond donors (Lipinski definition) is 3. The highest BCUT2D eigenvalue weighted by molar-refractivity contribution is 5.95. The summed E-state index contributed by atoms with van der Waals surface area (Å²) >= 11 is 0. The number of nitro groups is 1. The summed E-state index contributed by atoms with van der Waals surface area (Å²) in [4.78, 5) is 31.7. The van der Waals surface area contributed by atoms with Gasteiger partial charge in [-0.2, -0.15) is 0 Å². The van der Waals surface area contributed by atoms with Gasteiger partial charge in [-0.15, -0.1) is 0 Å². The molecule has 108 valence electrons. The number of carbonyl (C=O) groups is 2. The Morgan fingerprint density at radius 2 is 2.10 bits per heavy atom. The zero-order chi connectivity index (χ0) is 15.3. The van der Waals surface area contributed by atoms with Crippen molar-refractivity contribution >= 4 is 23.3 Å². The number of nitro benzene ring substituents is 1. The maximum absolute atomic E-state index is 13.1. The molecule has 1 atom stereocenters. The number of carboxylic acids is 1. The Balaban J connectivity index is 2.75. The lowest BCUT2D eigenvalue weighted by Gasteiger charge is -2.11. The minimum absolute atomic E-state index is 0.0986. The lowest BCUT2D eigenvalue weighted by Crippen LogP contribution is -2.36. The summed E-state index contributed by atoms with van der Waals surface area (Å²) in [6.45, 7) is 0. The van der Waals surface area contributed by atoms with Crippen molar-refractivity contribution in [1.82, 2.24) is 0 Å². The number of carbonyl (C=O) groups excluding carboxylic acids is 1. The first-order valence-corrected chi connectivity index (χ1v) is 5.53. The number of non-ortho nitro benzene ring substituents is 1. The van der Waals surface area contributed by atoms with Gasteiger partial charge in [0, 0.05) is 12.5 Å². The number of nitrogens with zero attached hydrogens (tertiary/aromatic N) is 1. The SMILES string of the molecule is NC(CCC(=O)O)C(=O)Nc1cc(F)cc([N+](=O)[O-])c1. The van der Waals surface area contributed by atoms with Crippen molar-refractivity contribution in [2.24, 2.45) is 5.73 Å². The number of rotatable bonds is 6. The fourth-order valence-electron chi connectivity index (χ4n) is 1.40. The van der Waals surface area contributed by atoms with Crippen molar-refractivity contribution in [2.45, 2.75) is 18.9 Å². The van der Waals surface area contributed by atoms with E-state index >= 15 is 0 Å². The van der Waals surface area contributed by atoms with Gasteiger partial charge in [0.05, 0.1) is 22.7 Å². The predicted molar refractivity (Wildman–Crippen MR) is 66.5 cm³/mol. The third kappa shape index (κ3) is 4.61. The van der Waals surface area contributed by atoms with Crippen LogP contribution in [0.5, 0.6) is 0 Å². The molecule has 0 fully saturated rings. The summed E-state index contributed by atoms with van der Waals surface area (Å²) in [5, 5.41) is 21.2. The number of hydrogen-bond acceptors (Lipinski definition) is 5. The average Bonchev–Trinajstić information content (AvgIpc) is 2.34. The smallest absolute Gasteiger partial charge is 0.303 e. The second kappa shape index (κ2) is 6.57. The molecule has 1 unspecified atom stereocenters. The minimum Gasteiger partial charge on any atom is -0.481 e. The molecule has 1 aromatic carbocycles. The normalized spacial score (nSPS) is 11.7. The highest BCUT2D eigenvalue weighted by atomic mass is 19.1. The van der Waals surface area contributed by atoms with E-state index in [2.05, 4.69) is 5.32 Å². The maximum atomic E-state index is 13.1. The Bertz CT molecular complexity index is 549. The molecule has 0 aliphatic carbocycles. The monoisotopic (exact) mass is 285 g/mol. The van der Waals surface area contributed by atoms with Crippen molar-refractivity contribution in [3.8, 4) is 0 Å². The zero-order valence-electron chi connectivity index (χ0n) is 10.2. The van der Waals surface area contributed by atoms with Gasteiger partial charge in [0.25, 0.3) is 5.69 Å². The van der Waals surface area contributed by atoms with Crippen LogP contribution in [0.1, 0.15) is 12.8 Å². The third-order valence-corrected chi connectivity index (χ3v) is 2.37. The molecule has 0 radical (unpaired) electrons. The molecular weight excluding hydrogens is 273 g/mol. The highest BCUT2D eigenvalue weighted by Crippen LogP contribution is 2.20. The number of amides is 1. The van der Waals surface area contributed by atoms with Crippen molar-refractivity contribution in [3.63, 3.8) is 0 Å². The Hall–Kier alpha value is -2.55. The van der Waals surface area contributed by atoms with E-state index in [1.54, 1.807) is 0 Å². The quantitative estimate of drug-likeness (QED) is 0.524. The number of anilines is 1. The van der Waals surface area contributed by atoms with Crippen LogP contribution in [0.3, 0.4) is 0 Å². The van der Waals surface area contributed by atoms with E-state index in [4.69, 9.17) is 10.8 Å². The van der Waals surface area contributed by atoms with E-state index in [0.29, 0.717) is 6.07 Å². The Kier molecular flexibility index (Phi) is 5.09. The topological polar surface area (TPSA) is 136 Å². The predicted octanol–water partition coefficient (Wildman–Crippen LogP) is 0.864. The van der Waals surface area contributed by atoms with Crippen LogP contribution < -0.4 is 11.1 Å². The first-order valence-electron chi connectivity index (χ1n) is 5.53. The second-order valence-electron chi connectivity index (χ2n) is 3.98. The molecule has 0 saturated heterocycles. The van der Waals surface area contributed by atoms with Crippen LogP contribution in [-0.4, -0.2) is 27.9 Å². The molecule has 8 nitrogen and oxygen atoms in total. The van der Waals surface area contributed by atoms with Crippen LogP contribution in [0, 0.1) is 15.9 Å². The number of nitrogens with two attached hydrogens (primary N) is 1. The Morgan fingerprint density at radius 1 is 1.45 bits per heavy atom. The van der Waals surface area contributed by atoms with E-state index in [1.165, 1.54) is 0 Å². The van der Waals surface area contributed by atoms with E-state index in [-0.39, 0.29) is 18.5 Å². The van der Waals surface area contributed by atoms with Crippen LogP contribution >= 0.6 is 0 Å². The summed E-state index contributed by atoms with van der Waals surface area (Å²) in [5.41, 5.74) is 4.81. The Morgan fingerprint density at radius 3 is 2.65 bits per heavy atom. The standard InChI is InChI=1S/C11H12FN3O5/c12-6-3-7(5-8(4-6)15(19)20)14-11(18)9(13)1-2-10(16)17/h3-5,9H,1-2,13H2,(H,14,18)(H,16,17). The average molecular weight is 285 g/mol. The molecule has 9 heteroatoms. The van der Waals surface area contributed by atoms with Crippen molar-refractivity contribution in [2.75, 3.05) is 5.32 Å². The van der Waals surface area contributed by atoms with Gasteiger partial charge in [-0.05, 0) is 12.5 Å². The van der Waals surface area contributed by atoms with Gasteiger partial charge < -0.3 is 16.2 Å². The molecule has 20 heavy (non-hydrogen) atoms. The van der Waals surface area contributed by atoms with Gasteiger partial charge in [-0.25, -0.2) is 4.39 Å². The summed E-state index contributed by atoms with van der Waals surface area (Å²) in [7, 11) is 0. The van der Waals surface area contributed by atoms with Gasteiger partial charge in [0.2, 0.25) is 5.91 Å². The fraction of sp³-hybridized carbons (Fsp3) is 0.273. The lowest BCUT2D eigenvalue weighted by molar-refractivity contribution is -0.385. The van der Waals surface area contributed by atoms with Gasteiger partial charge in [-0.1, -0.05) is 0 Å². The number of halogens is 1. The largest absolute Gasteiger partial charge is 0.481 e. The van der Waals surface area contributed by atoms with E-state index < -0.39 is 34.3 Å². The first-order chi connectivity index (χ1) is 9.29.